The van der Waals surface area contributed by atoms with Crippen molar-refractivity contribution in [1.29, 1.82) is 0 Å². The van der Waals surface area contributed by atoms with Crippen molar-refractivity contribution in [2.24, 2.45) is 0 Å². The van der Waals surface area contributed by atoms with Gasteiger partial charge in [0.05, 0.1) is 30.6 Å². The number of hydrogen-bond acceptors (Lipinski definition) is 6. The smallest absolute Gasteiger partial charge is 0.276 e. The Bertz CT molecular complexity index is 1520. The van der Waals surface area contributed by atoms with Crippen LogP contribution in [0.15, 0.2) is 60.8 Å². The summed E-state index contributed by atoms with van der Waals surface area (Å²) < 4.78 is 21.8. The summed E-state index contributed by atoms with van der Waals surface area (Å²) in [6, 6.07) is 15.3. The van der Waals surface area contributed by atoms with Gasteiger partial charge in [0.1, 0.15) is 11.4 Å². The molecule has 4 aromatic rings. The van der Waals surface area contributed by atoms with Crippen molar-refractivity contribution in [2.75, 3.05) is 20.2 Å². The number of piperidine rings is 1. The number of aromatic nitrogens is 3. The molecule has 0 saturated carbocycles. The predicted octanol–water partition coefficient (Wildman–Crippen LogP) is 4.26. The Morgan fingerprint density at radius 3 is 2.50 bits per heavy atom. The Hall–Kier alpha value is -3.82. The summed E-state index contributed by atoms with van der Waals surface area (Å²) in [4.78, 5) is 38.9. The van der Waals surface area contributed by atoms with Gasteiger partial charge in [-0.2, -0.15) is 0 Å². The average Bonchev–Trinajstić information content (AvgIpc) is 3.26. The maximum Gasteiger partial charge on any atom is 0.276 e. The van der Waals surface area contributed by atoms with Gasteiger partial charge < -0.3 is 14.0 Å². The van der Waals surface area contributed by atoms with Crippen molar-refractivity contribution in [3.05, 3.63) is 83.0 Å². The van der Waals surface area contributed by atoms with Gasteiger partial charge in [0.15, 0.2) is 11.5 Å². The zero-order chi connectivity index (χ0) is 26.4. The maximum absolute atomic E-state index is 14.6. The van der Waals surface area contributed by atoms with E-state index in [0.717, 1.165) is 22.6 Å². The van der Waals surface area contributed by atoms with Crippen LogP contribution >= 0.6 is 11.6 Å². The first-order valence-electron chi connectivity index (χ1n) is 12.4. The number of carbonyl (C=O) groups is 2. The van der Waals surface area contributed by atoms with Crippen molar-refractivity contribution < 1.29 is 18.7 Å². The lowest BCUT2D eigenvalue weighted by atomic mass is 9.89. The zero-order valence-electron chi connectivity index (χ0n) is 20.7. The number of carbonyl (C=O) groups excluding carboxylic acids is 2. The molecule has 194 valence electrons. The number of rotatable bonds is 5. The molecule has 2 aliphatic heterocycles. The first-order valence-corrected chi connectivity index (χ1v) is 12.8. The number of piperazine rings is 1. The fraction of sp³-hybridized carbons (Fsp3) is 0.286. The summed E-state index contributed by atoms with van der Waals surface area (Å²) in [5.74, 6) is -0.947. The SMILES string of the molecule is COc1ccc(F)c(C(=O)N2C3CC(=O)CC2CN(Cc2c(-c4ccc(Cl)cc4)nc4ccccn24)C3)n1. The van der Waals surface area contributed by atoms with Gasteiger partial charge in [-0.3, -0.25) is 14.5 Å². The highest BCUT2D eigenvalue weighted by atomic mass is 35.5. The molecule has 5 heterocycles. The Morgan fingerprint density at radius 2 is 1.79 bits per heavy atom. The minimum absolute atomic E-state index is 0.111. The molecule has 2 saturated heterocycles. The van der Waals surface area contributed by atoms with Crippen LogP contribution in [0.2, 0.25) is 5.02 Å². The monoisotopic (exact) mass is 533 g/mol. The number of benzene rings is 1. The van der Waals surface area contributed by atoms with Crippen LogP contribution in [0, 0.1) is 5.82 Å². The highest BCUT2D eigenvalue weighted by molar-refractivity contribution is 6.30. The first-order chi connectivity index (χ1) is 18.4. The molecule has 38 heavy (non-hydrogen) atoms. The third-order valence-corrected chi connectivity index (χ3v) is 7.49. The number of imidazole rings is 1. The average molecular weight is 534 g/mol. The van der Waals surface area contributed by atoms with Crippen LogP contribution in [0.4, 0.5) is 4.39 Å². The topological polar surface area (TPSA) is 80.0 Å². The molecule has 1 amide bonds. The minimum Gasteiger partial charge on any atom is -0.481 e. The summed E-state index contributed by atoms with van der Waals surface area (Å²) in [6.45, 7) is 1.51. The lowest BCUT2D eigenvalue weighted by molar-refractivity contribution is -0.127. The molecule has 2 bridgehead atoms. The van der Waals surface area contributed by atoms with E-state index in [1.165, 1.54) is 19.2 Å². The number of ether oxygens (including phenoxy) is 1. The van der Waals surface area contributed by atoms with Crippen LogP contribution in [-0.2, 0) is 11.3 Å². The third kappa shape index (κ3) is 4.41. The van der Waals surface area contributed by atoms with Crippen LogP contribution in [-0.4, -0.2) is 68.1 Å². The third-order valence-electron chi connectivity index (χ3n) is 7.24. The molecule has 1 aromatic carbocycles. The largest absolute Gasteiger partial charge is 0.481 e. The molecule has 3 aromatic heterocycles. The maximum atomic E-state index is 14.6. The molecule has 2 unspecified atom stereocenters. The molecule has 10 heteroatoms. The van der Waals surface area contributed by atoms with Crippen molar-refractivity contribution in [3.63, 3.8) is 0 Å². The van der Waals surface area contributed by atoms with Crippen LogP contribution < -0.4 is 4.74 Å². The molecule has 2 fully saturated rings. The summed E-state index contributed by atoms with van der Waals surface area (Å²) in [5, 5.41) is 0.652. The van der Waals surface area contributed by atoms with Gasteiger partial charge in [-0.25, -0.2) is 14.4 Å². The number of fused-ring (bicyclic) bond motifs is 3. The second kappa shape index (κ2) is 9.81. The van der Waals surface area contributed by atoms with Crippen LogP contribution in [0.5, 0.6) is 5.88 Å². The van der Waals surface area contributed by atoms with Gasteiger partial charge in [0, 0.05) is 55.3 Å². The van der Waals surface area contributed by atoms with E-state index in [9.17, 15) is 14.0 Å². The van der Waals surface area contributed by atoms with E-state index in [4.69, 9.17) is 21.3 Å². The minimum atomic E-state index is -0.707. The van der Waals surface area contributed by atoms with Crippen molar-refractivity contribution in [1.82, 2.24) is 24.2 Å². The van der Waals surface area contributed by atoms with Crippen LogP contribution in [0.3, 0.4) is 0 Å². The Morgan fingerprint density at radius 1 is 1.05 bits per heavy atom. The predicted molar refractivity (Wildman–Crippen MR) is 140 cm³/mol. The molecule has 2 atom stereocenters. The number of likely N-dealkylation sites (tertiary alicyclic amines) is 1. The number of halogens is 2. The Kier molecular flexibility index (Phi) is 6.33. The standard InChI is InChI=1S/C28H25ClFN5O3/c1-38-25-10-9-22(30)27(32-25)28(37)35-19-12-21(36)13-20(35)15-33(14-19)16-23-26(17-5-7-18(29)8-6-17)31-24-4-2-3-11-34(23)24/h2-11,19-20H,12-16H2,1H3. The quantitative estimate of drug-likeness (QED) is 0.381. The lowest BCUT2D eigenvalue weighted by Crippen LogP contribution is -2.64. The van der Waals surface area contributed by atoms with Crippen LogP contribution in [0.1, 0.15) is 29.0 Å². The van der Waals surface area contributed by atoms with E-state index in [-0.39, 0.29) is 42.3 Å². The van der Waals surface area contributed by atoms with Gasteiger partial charge >= 0.3 is 0 Å². The Labute approximate surface area is 223 Å². The summed E-state index contributed by atoms with van der Waals surface area (Å²) >= 11 is 6.12. The van der Waals surface area contributed by atoms with Crippen molar-refractivity contribution in [2.45, 2.75) is 31.5 Å². The molecule has 2 aliphatic rings. The number of nitrogens with zero attached hydrogens (tertiary/aromatic N) is 5. The summed E-state index contributed by atoms with van der Waals surface area (Å²) in [6.07, 6.45) is 2.43. The molecular weight excluding hydrogens is 509 g/mol. The molecule has 6 rings (SSSR count). The van der Waals surface area contributed by atoms with E-state index in [1.54, 1.807) is 4.90 Å². The number of ketones is 1. The number of methoxy groups -OCH3 is 1. The van der Waals surface area contributed by atoms with E-state index < -0.39 is 11.7 Å². The number of pyridine rings is 2. The lowest BCUT2D eigenvalue weighted by Gasteiger charge is -2.49. The van der Waals surface area contributed by atoms with Gasteiger partial charge in [0.2, 0.25) is 5.88 Å². The number of amides is 1. The normalized spacial score (nSPS) is 19.7. The summed E-state index contributed by atoms with van der Waals surface area (Å²) in [7, 11) is 1.42. The van der Waals surface area contributed by atoms with Gasteiger partial charge in [-0.05, 0) is 30.3 Å². The van der Waals surface area contributed by atoms with E-state index >= 15 is 0 Å². The van der Waals surface area contributed by atoms with Crippen molar-refractivity contribution >= 4 is 28.9 Å². The highest BCUT2D eigenvalue weighted by Crippen LogP contribution is 2.32. The van der Waals surface area contributed by atoms with Gasteiger partial charge in [0.25, 0.3) is 5.91 Å². The fourth-order valence-electron chi connectivity index (χ4n) is 5.60. The molecule has 0 aliphatic carbocycles. The molecule has 0 radical (unpaired) electrons. The second-order valence-electron chi connectivity index (χ2n) is 9.69. The molecule has 0 N–H and O–H groups in total. The molecule has 8 nitrogen and oxygen atoms in total. The van der Waals surface area contributed by atoms with E-state index in [2.05, 4.69) is 14.3 Å². The second-order valence-corrected chi connectivity index (χ2v) is 10.1. The highest BCUT2D eigenvalue weighted by Gasteiger charge is 2.44. The fourth-order valence-corrected chi connectivity index (χ4v) is 5.72. The van der Waals surface area contributed by atoms with Crippen LogP contribution in [0.25, 0.3) is 16.9 Å². The zero-order valence-corrected chi connectivity index (χ0v) is 21.4. The van der Waals surface area contributed by atoms with Gasteiger partial charge in [-0.1, -0.05) is 29.8 Å². The Balaban J connectivity index is 1.31. The van der Waals surface area contributed by atoms with Crippen molar-refractivity contribution in [3.8, 4) is 17.1 Å². The number of hydrogen-bond donors (Lipinski definition) is 0. The molecule has 0 spiro atoms. The number of Topliss-reactive ketones (excluding diaryl/α,β-unsaturated/α-hetero) is 1. The van der Waals surface area contributed by atoms with E-state index in [1.807, 2.05) is 48.7 Å². The van der Waals surface area contributed by atoms with Gasteiger partial charge in [-0.15, -0.1) is 0 Å². The first kappa shape index (κ1) is 24.5. The van der Waals surface area contributed by atoms with E-state index in [0.29, 0.717) is 24.7 Å². The molecular formula is C28H25ClFN5O3. The summed E-state index contributed by atoms with van der Waals surface area (Å²) in [5.41, 5.74) is 3.37.